The number of carbonyl (C=O) groups excluding carboxylic acids is 5. The molecular weight excluding hydrogens is 552 g/mol. The number of guanidine groups is 1. The molecule has 0 bridgehead atoms. The van der Waals surface area contributed by atoms with Crippen molar-refractivity contribution in [3.05, 3.63) is 35.9 Å². The molecule has 1 aliphatic rings. The first-order valence-electron chi connectivity index (χ1n) is 13.4. The lowest BCUT2D eigenvalue weighted by Gasteiger charge is -2.23. The SMILES string of the molecule is N=C(N)NCCC[C@@H]1NC(=O)CCOCCNC(=O)[C@@H](Cc2ccccc2)NC(=O)[C@H](CC(=O)O)NC(=O)CNC1=O. The van der Waals surface area contributed by atoms with Crippen LogP contribution in [0.15, 0.2) is 30.3 Å². The van der Waals surface area contributed by atoms with Gasteiger partial charge in [-0.05, 0) is 18.4 Å². The van der Waals surface area contributed by atoms with Crippen LogP contribution in [0.5, 0.6) is 0 Å². The maximum atomic E-state index is 13.1. The van der Waals surface area contributed by atoms with Crippen molar-refractivity contribution in [2.24, 2.45) is 5.73 Å². The summed E-state index contributed by atoms with van der Waals surface area (Å²) in [7, 11) is 0. The molecule has 0 spiro atoms. The van der Waals surface area contributed by atoms with Crippen LogP contribution < -0.4 is 37.6 Å². The number of carbonyl (C=O) groups is 6. The highest BCUT2D eigenvalue weighted by molar-refractivity contribution is 5.95. The van der Waals surface area contributed by atoms with Gasteiger partial charge in [-0.1, -0.05) is 30.3 Å². The van der Waals surface area contributed by atoms with Gasteiger partial charge in [-0.25, -0.2) is 0 Å². The van der Waals surface area contributed by atoms with Crippen LogP contribution in [0, 0.1) is 5.41 Å². The Labute approximate surface area is 242 Å². The maximum absolute atomic E-state index is 13.1. The summed E-state index contributed by atoms with van der Waals surface area (Å²) in [5.74, 6) is -5.10. The number of carboxylic acids is 1. The molecule has 230 valence electrons. The first-order valence-corrected chi connectivity index (χ1v) is 13.4. The van der Waals surface area contributed by atoms with Crippen molar-refractivity contribution in [3.8, 4) is 0 Å². The zero-order valence-corrected chi connectivity index (χ0v) is 23.1. The van der Waals surface area contributed by atoms with Crippen molar-refractivity contribution in [2.75, 3.05) is 32.8 Å². The van der Waals surface area contributed by atoms with Crippen LogP contribution in [0.2, 0.25) is 0 Å². The van der Waals surface area contributed by atoms with E-state index in [-0.39, 0.29) is 51.5 Å². The van der Waals surface area contributed by atoms with Crippen LogP contribution in [0.4, 0.5) is 0 Å². The Morgan fingerprint density at radius 3 is 2.31 bits per heavy atom. The molecule has 2 rings (SSSR count). The van der Waals surface area contributed by atoms with Gasteiger partial charge in [-0.2, -0.15) is 0 Å². The van der Waals surface area contributed by atoms with Crippen molar-refractivity contribution in [3.63, 3.8) is 0 Å². The molecular formula is C26H38N8O8. The van der Waals surface area contributed by atoms with Gasteiger partial charge in [-0.3, -0.25) is 34.2 Å². The predicted molar refractivity (Wildman–Crippen MR) is 149 cm³/mol. The lowest BCUT2D eigenvalue weighted by atomic mass is 10.0. The van der Waals surface area contributed by atoms with Gasteiger partial charge in [0.25, 0.3) is 0 Å². The lowest BCUT2D eigenvalue weighted by Crippen LogP contribution is -2.56. The quantitative estimate of drug-likeness (QED) is 0.0846. The monoisotopic (exact) mass is 590 g/mol. The molecule has 0 saturated carbocycles. The van der Waals surface area contributed by atoms with Crippen molar-refractivity contribution in [1.29, 1.82) is 5.41 Å². The van der Waals surface area contributed by atoms with Crippen molar-refractivity contribution < 1.29 is 38.6 Å². The third-order valence-corrected chi connectivity index (χ3v) is 6.03. The number of nitrogens with one attached hydrogen (secondary N) is 7. The van der Waals surface area contributed by atoms with Crippen LogP contribution in [0.1, 0.15) is 31.2 Å². The minimum atomic E-state index is -1.54. The molecule has 1 fully saturated rings. The van der Waals surface area contributed by atoms with Gasteiger partial charge in [0.15, 0.2) is 5.96 Å². The number of benzene rings is 1. The van der Waals surface area contributed by atoms with E-state index < -0.39 is 66.6 Å². The van der Waals surface area contributed by atoms with Gasteiger partial charge in [0.1, 0.15) is 18.1 Å². The topological polar surface area (TPSA) is 254 Å². The van der Waals surface area contributed by atoms with Crippen LogP contribution in [0.3, 0.4) is 0 Å². The smallest absolute Gasteiger partial charge is 0.305 e. The second-order valence-corrected chi connectivity index (χ2v) is 9.44. The Kier molecular flexibility index (Phi) is 14.2. The van der Waals surface area contributed by atoms with E-state index in [2.05, 4.69) is 31.9 Å². The summed E-state index contributed by atoms with van der Waals surface area (Å²) in [6.07, 6.45) is -0.258. The van der Waals surface area contributed by atoms with E-state index in [1.165, 1.54) is 0 Å². The number of hydrogen-bond acceptors (Lipinski definition) is 8. The second kappa shape index (κ2) is 17.9. The molecule has 1 heterocycles. The van der Waals surface area contributed by atoms with Crippen molar-refractivity contribution in [2.45, 2.75) is 50.2 Å². The number of rotatable bonds is 8. The molecule has 1 aromatic carbocycles. The van der Waals surface area contributed by atoms with E-state index >= 15 is 0 Å². The molecule has 16 nitrogen and oxygen atoms in total. The molecule has 10 N–H and O–H groups in total. The number of ether oxygens (including phenoxy) is 1. The number of aliphatic carboxylic acids is 1. The molecule has 42 heavy (non-hydrogen) atoms. The van der Waals surface area contributed by atoms with E-state index in [0.29, 0.717) is 6.42 Å². The summed E-state index contributed by atoms with van der Waals surface area (Å²) in [6, 6.07) is 5.16. The molecule has 5 amide bonds. The Bertz CT molecular complexity index is 1120. The normalized spacial score (nSPS) is 21.6. The van der Waals surface area contributed by atoms with Crippen LogP contribution in [0.25, 0.3) is 0 Å². The summed E-state index contributed by atoms with van der Waals surface area (Å²) in [5.41, 5.74) is 5.98. The molecule has 3 atom stereocenters. The van der Waals surface area contributed by atoms with Gasteiger partial charge in [0.2, 0.25) is 29.5 Å². The summed E-state index contributed by atoms with van der Waals surface area (Å²) < 4.78 is 5.42. The molecule has 1 aliphatic heterocycles. The molecule has 0 unspecified atom stereocenters. The average Bonchev–Trinajstić information content (AvgIpc) is 2.94. The highest BCUT2D eigenvalue weighted by atomic mass is 16.5. The first-order chi connectivity index (χ1) is 20.0. The Morgan fingerprint density at radius 2 is 1.62 bits per heavy atom. The van der Waals surface area contributed by atoms with E-state index in [4.69, 9.17) is 15.9 Å². The van der Waals surface area contributed by atoms with Gasteiger partial charge < -0.3 is 47.5 Å². The molecule has 0 radical (unpaired) electrons. The van der Waals surface area contributed by atoms with Crippen LogP contribution in [-0.2, 0) is 39.9 Å². The average molecular weight is 591 g/mol. The Balaban J connectivity index is 2.19. The third-order valence-electron chi connectivity index (χ3n) is 6.03. The minimum absolute atomic E-state index is 0.00535. The summed E-state index contributed by atoms with van der Waals surface area (Å²) >= 11 is 0. The van der Waals surface area contributed by atoms with Gasteiger partial charge >= 0.3 is 5.97 Å². The summed E-state index contributed by atoms with van der Waals surface area (Å²) in [6.45, 7) is -0.224. The minimum Gasteiger partial charge on any atom is -0.481 e. The molecule has 0 aromatic heterocycles. The zero-order chi connectivity index (χ0) is 30.9. The number of hydrogen-bond donors (Lipinski definition) is 9. The van der Waals surface area contributed by atoms with E-state index in [9.17, 15) is 33.9 Å². The van der Waals surface area contributed by atoms with E-state index in [1.54, 1.807) is 30.3 Å². The maximum Gasteiger partial charge on any atom is 0.305 e. The predicted octanol–water partition coefficient (Wildman–Crippen LogP) is -2.93. The molecule has 16 heteroatoms. The summed E-state index contributed by atoms with van der Waals surface area (Å²) in [4.78, 5) is 75.3. The van der Waals surface area contributed by atoms with E-state index in [0.717, 1.165) is 5.56 Å². The molecule has 0 aliphatic carbocycles. The fourth-order valence-electron chi connectivity index (χ4n) is 3.95. The fourth-order valence-corrected chi connectivity index (χ4v) is 3.95. The highest BCUT2D eigenvalue weighted by Crippen LogP contribution is 2.05. The molecule has 1 aromatic rings. The zero-order valence-electron chi connectivity index (χ0n) is 23.1. The Hall–Kier alpha value is -4.73. The van der Waals surface area contributed by atoms with E-state index in [1.807, 2.05) is 0 Å². The standard InChI is InChI=1S/C26H38N8O8/c27-26(28)30-9-4-7-17-23(39)31-15-21(36)33-19(14-22(37)38)25(41)34-18(13-16-5-2-1-3-6-16)24(40)29-10-12-42-11-8-20(35)32-17/h1-3,5-6,17-19H,4,7-15H2,(H,29,40)(H,31,39)(H,32,35)(H,33,36)(H,34,41)(H,37,38)(H4,27,28,30)/t17-,18+,19-/m0/s1. The summed E-state index contributed by atoms with van der Waals surface area (Å²) in [5, 5.41) is 31.5. The lowest BCUT2D eigenvalue weighted by molar-refractivity contribution is -0.141. The molecule has 1 saturated heterocycles. The third kappa shape index (κ3) is 13.1. The highest BCUT2D eigenvalue weighted by Gasteiger charge is 2.29. The Morgan fingerprint density at radius 1 is 0.929 bits per heavy atom. The largest absolute Gasteiger partial charge is 0.481 e. The van der Waals surface area contributed by atoms with Crippen LogP contribution in [-0.4, -0.2) is 97.5 Å². The number of amides is 5. The number of nitrogens with two attached hydrogens (primary N) is 1. The van der Waals surface area contributed by atoms with Gasteiger partial charge in [0, 0.05) is 25.9 Å². The fraction of sp³-hybridized carbons (Fsp3) is 0.500. The van der Waals surface area contributed by atoms with Crippen molar-refractivity contribution in [1.82, 2.24) is 31.9 Å². The van der Waals surface area contributed by atoms with Gasteiger partial charge in [-0.15, -0.1) is 0 Å². The first kappa shape index (κ1) is 33.5. The number of carboxylic acid groups (broad SMARTS) is 1. The van der Waals surface area contributed by atoms with Crippen LogP contribution >= 0.6 is 0 Å². The van der Waals surface area contributed by atoms with Crippen molar-refractivity contribution >= 4 is 41.5 Å². The van der Waals surface area contributed by atoms with Gasteiger partial charge in [0.05, 0.1) is 26.2 Å². The second-order valence-electron chi connectivity index (χ2n) is 9.44.